The largest absolute Gasteiger partial charge is 0.497 e. The number of ether oxygens (including phenoxy) is 5. The van der Waals surface area contributed by atoms with Crippen LogP contribution in [0.4, 0.5) is 5.69 Å². The van der Waals surface area contributed by atoms with Gasteiger partial charge in [-0.25, -0.2) is 0 Å². The predicted octanol–water partition coefficient (Wildman–Crippen LogP) is 9.01. The molecule has 0 aromatic heterocycles. The van der Waals surface area contributed by atoms with Gasteiger partial charge in [0.05, 0.1) is 51.9 Å². The monoisotopic (exact) mass is 702 g/mol. The van der Waals surface area contributed by atoms with Crippen molar-refractivity contribution >= 4 is 22.5 Å². The topological polar surface area (TPSA) is 73.2 Å². The van der Waals surface area contributed by atoms with Crippen LogP contribution >= 0.6 is 0 Å². The minimum absolute atomic E-state index is 0.189. The average molecular weight is 703 g/mol. The van der Waals surface area contributed by atoms with Crippen molar-refractivity contribution in [2.75, 3.05) is 52.5 Å². The summed E-state index contributed by atoms with van der Waals surface area (Å²) in [7, 11) is 5.14. The van der Waals surface area contributed by atoms with Crippen LogP contribution in [0.25, 0.3) is 28.0 Å². The first kappa shape index (κ1) is 32.2. The number of nitrogens with zero attached hydrogens (tertiary/aromatic N) is 2. The van der Waals surface area contributed by atoms with Crippen LogP contribution in [-0.2, 0) is 15.8 Å². The first-order chi connectivity index (χ1) is 26.0. The molecule has 1 spiro atoms. The molecule has 7 heteroatoms. The highest BCUT2D eigenvalue weighted by atomic mass is 16.5. The molecule has 2 heterocycles. The van der Waals surface area contributed by atoms with Crippen molar-refractivity contribution in [3.05, 3.63) is 118 Å². The summed E-state index contributed by atoms with van der Waals surface area (Å²) in [5.74, 6) is 4.41. The lowest BCUT2D eigenvalue weighted by molar-refractivity contribution is 0.122. The summed E-state index contributed by atoms with van der Waals surface area (Å²) in [6.45, 7) is 2.94. The molecule has 5 aromatic carbocycles. The van der Waals surface area contributed by atoms with E-state index in [-0.39, 0.29) is 5.41 Å². The van der Waals surface area contributed by atoms with Crippen molar-refractivity contribution in [3.8, 4) is 40.2 Å². The summed E-state index contributed by atoms with van der Waals surface area (Å²) in [5, 5.41) is 12.3. The van der Waals surface area contributed by atoms with Gasteiger partial charge in [0.25, 0.3) is 0 Å². The molecule has 0 N–H and O–H groups in total. The maximum Gasteiger partial charge on any atom is 0.178 e. The Morgan fingerprint density at radius 3 is 2.13 bits per heavy atom. The summed E-state index contributed by atoms with van der Waals surface area (Å²) in [6, 6.07) is 29.8. The number of rotatable bonds is 6. The number of hydrogen-bond acceptors (Lipinski definition) is 7. The van der Waals surface area contributed by atoms with Gasteiger partial charge in [0, 0.05) is 40.6 Å². The molecule has 10 rings (SSSR count). The zero-order valence-corrected chi connectivity index (χ0v) is 30.4. The van der Waals surface area contributed by atoms with Crippen LogP contribution in [0, 0.1) is 23.2 Å². The summed E-state index contributed by atoms with van der Waals surface area (Å²) in [6.07, 6.45) is 9.35. The number of methoxy groups -OCH3 is 3. The Kier molecular flexibility index (Phi) is 7.32. The highest BCUT2D eigenvalue weighted by molar-refractivity contribution is 6.10. The highest BCUT2D eigenvalue weighted by Gasteiger charge is 2.59. The molecule has 2 bridgehead atoms. The molecule has 1 saturated heterocycles. The molecule has 5 aromatic rings. The molecule has 2 saturated carbocycles. The maximum atomic E-state index is 10.2. The second-order valence-electron chi connectivity index (χ2n) is 15.2. The van der Waals surface area contributed by atoms with Gasteiger partial charge in [-0.05, 0) is 113 Å². The number of morpholine rings is 1. The van der Waals surface area contributed by atoms with Crippen LogP contribution in [0.15, 0.2) is 84.9 Å². The van der Waals surface area contributed by atoms with Gasteiger partial charge in [-0.3, -0.25) is 0 Å². The van der Waals surface area contributed by atoms with Gasteiger partial charge in [0.15, 0.2) is 5.60 Å². The highest BCUT2D eigenvalue weighted by Crippen LogP contribution is 2.69. The summed E-state index contributed by atoms with van der Waals surface area (Å²) >= 11 is 0. The van der Waals surface area contributed by atoms with Crippen LogP contribution in [0.1, 0.15) is 59.1 Å². The molecule has 3 atom stereocenters. The summed E-state index contributed by atoms with van der Waals surface area (Å²) < 4.78 is 30.8. The molecule has 3 fully saturated rings. The van der Waals surface area contributed by atoms with Crippen molar-refractivity contribution in [3.63, 3.8) is 0 Å². The Hall–Kier alpha value is -5.45. The molecule has 3 aliphatic carbocycles. The smallest absolute Gasteiger partial charge is 0.178 e. The third kappa shape index (κ3) is 4.55. The number of nitriles is 1. The van der Waals surface area contributed by atoms with E-state index in [1.54, 1.807) is 21.3 Å². The summed E-state index contributed by atoms with van der Waals surface area (Å²) in [5.41, 5.74) is 8.97. The fourth-order valence-electron chi connectivity index (χ4n) is 10.6. The van der Waals surface area contributed by atoms with Crippen LogP contribution < -0.4 is 23.8 Å². The lowest BCUT2D eigenvalue weighted by Crippen LogP contribution is -2.37. The molecular formula is C46H42N2O5. The Balaban J connectivity index is 1.30. The number of benzene rings is 5. The quantitative estimate of drug-likeness (QED) is 0.175. The second kappa shape index (κ2) is 12.0. The fraction of sp³-hybridized carbons (Fsp3) is 0.326. The van der Waals surface area contributed by atoms with Crippen molar-refractivity contribution in [1.29, 1.82) is 5.26 Å². The van der Waals surface area contributed by atoms with E-state index in [4.69, 9.17) is 23.7 Å². The Labute approximate surface area is 310 Å². The Bertz CT molecular complexity index is 2300. The normalized spacial score (nSPS) is 22.9. The van der Waals surface area contributed by atoms with E-state index < -0.39 is 5.60 Å². The standard InChI is InChI=1S/C46H42N2O5/c1-49-33-11-7-30(8-12-33)46(31-9-13-34(50-2)14-10-31)17-16-36-43-42(35-15-5-29(27-47)23-39(35)45(43)26-28-4-6-32(45)22-28)37-24-40(48-18-20-52-21-19-48)41(51-3)25-38(37)44(36)53-46/h5,7-17,23-25,28,32H,4,6,18-22,26H2,1-3H3. The molecule has 5 aliphatic rings. The Morgan fingerprint density at radius 1 is 0.811 bits per heavy atom. The lowest BCUT2D eigenvalue weighted by Gasteiger charge is -2.41. The van der Waals surface area contributed by atoms with Crippen molar-refractivity contribution in [1.82, 2.24) is 0 Å². The maximum absolute atomic E-state index is 10.2. The number of fused-ring (bicyclic) bond motifs is 13. The predicted molar refractivity (Wildman–Crippen MR) is 206 cm³/mol. The minimum atomic E-state index is -0.940. The van der Waals surface area contributed by atoms with Gasteiger partial charge in [0.2, 0.25) is 0 Å². The molecule has 0 amide bonds. The van der Waals surface area contributed by atoms with Crippen LogP contribution in [0.3, 0.4) is 0 Å². The first-order valence-electron chi connectivity index (χ1n) is 18.8. The van der Waals surface area contributed by atoms with Gasteiger partial charge in [-0.1, -0.05) is 42.8 Å². The van der Waals surface area contributed by atoms with Crippen LogP contribution in [0.5, 0.6) is 23.0 Å². The van der Waals surface area contributed by atoms with E-state index >= 15 is 0 Å². The minimum Gasteiger partial charge on any atom is -0.497 e. The van der Waals surface area contributed by atoms with Crippen LogP contribution in [0.2, 0.25) is 0 Å². The molecular weight excluding hydrogens is 661 g/mol. The van der Waals surface area contributed by atoms with Crippen molar-refractivity contribution in [2.45, 2.75) is 36.7 Å². The zero-order valence-electron chi connectivity index (χ0n) is 30.4. The Morgan fingerprint density at radius 2 is 1.53 bits per heavy atom. The van der Waals surface area contributed by atoms with E-state index in [0.29, 0.717) is 25.0 Å². The second-order valence-corrected chi connectivity index (χ2v) is 15.2. The van der Waals surface area contributed by atoms with Gasteiger partial charge >= 0.3 is 0 Å². The van der Waals surface area contributed by atoms with E-state index in [2.05, 4.69) is 71.7 Å². The van der Waals surface area contributed by atoms with E-state index in [0.717, 1.165) is 81.2 Å². The average Bonchev–Trinajstić information content (AvgIpc) is 3.93. The first-order valence-corrected chi connectivity index (χ1v) is 18.8. The molecule has 2 aliphatic heterocycles. The molecule has 0 radical (unpaired) electrons. The molecule has 7 nitrogen and oxygen atoms in total. The van der Waals surface area contributed by atoms with Gasteiger partial charge < -0.3 is 28.6 Å². The molecule has 53 heavy (non-hydrogen) atoms. The summed E-state index contributed by atoms with van der Waals surface area (Å²) in [4.78, 5) is 2.38. The third-order valence-corrected chi connectivity index (χ3v) is 12.9. The van der Waals surface area contributed by atoms with Gasteiger partial charge in [-0.2, -0.15) is 5.26 Å². The fourth-order valence-corrected chi connectivity index (χ4v) is 10.6. The van der Waals surface area contributed by atoms with Crippen molar-refractivity contribution < 1.29 is 23.7 Å². The van der Waals surface area contributed by atoms with Gasteiger partial charge in [-0.15, -0.1) is 0 Å². The lowest BCUT2D eigenvalue weighted by atomic mass is 9.65. The SMILES string of the molecule is COc1ccc(C2(c3ccc(OC)cc3)C=Cc3c4c(c5cc(N6CCOCC6)c(OC)cc5c3O2)-c2ccc(C#N)cc2C42CC3CCC2C3)cc1. The van der Waals surface area contributed by atoms with E-state index in [1.165, 1.54) is 41.5 Å². The number of hydrogen-bond donors (Lipinski definition) is 0. The molecule has 266 valence electrons. The van der Waals surface area contributed by atoms with Crippen molar-refractivity contribution in [2.24, 2.45) is 11.8 Å². The number of anilines is 1. The third-order valence-electron chi connectivity index (χ3n) is 12.9. The zero-order chi connectivity index (χ0) is 35.9. The van der Waals surface area contributed by atoms with E-state index in [1.807, 2.05) is 30.3 Å². The van der Waals surface area contributed by atoms with Crippen LogP contribution in [-0.4, -0.2) is 47.6 Å². The van der Waals surface area contributed by atoms with Gasteiger partial charge in [0.1, 0.15) is 23.0 Å². The molecule has 3 unspecified atom stereocenters. The van der Waals surface area contributed by atoms with E-state index in [9.17, 15) is 5.26 Å².